The molecule has 254 valence electrons. The average Bonchev–Trinajstić information content (AvgIpc) is 3.49. The lowest BCUT2D eigenvalue weighted by atomic mass is 9.91. The van der Waals surface area contributed by atoms with E-state index in [1.807, 2.05) is 45.5 Å². The lowest BCUT2D eigenvalue weighted by Crippen LogP contribution is -2.44. The van der Waals surface area contributed by atoms with Crippen molar-refractivity contribution in [3.05, 3.63) is 69.1 Å². The molecule has 6 rings (SSSR count). The summed E-state index contributed by atoms with van der Waals surface area (Å²) < 4.78 is 17.0. The Hall–Kier alpha value is -2.88. The maximum atomic E-state index is 11.9. The first-order chi connectivity index (χ1) is 22.5. The average molecular weight is 662 g/mol. The predicted molar refractivity (Wildman–Crippen MR) is 191 cm³/mol. The summed E-state index contributed by atoms with van der Waals surface area (Å²) in [7, 11) is 1.98. The Kier molecular flexibility index (Phi) is 10.4. The summed E-state index contributed by atoms with van der Waals surface area (Å²) in [5.74, 6) is 1.02. The summed E-state index contributed by atoms with van der Waals surface area (Å²) in [6, 6.07) is 10.6. The molecule has 2 aliphatic rings. The predicted octanol–water partition coefficient (Wildman–Crippen LogP) is 6.91. The first-order valence-corrected chi connectivity index (χ1v) is 17.8. The van der Waals surface area contributed by atoms with Gasteiger partial charge in [0.1, 0.15) is 5.75 Å². The van der Waals surface area contributed by atoms with Gasteiger partial charge in [0.25, 0.3) is 0 Å². The van der Waals surface area contributed by atoms with Crippen LogP contribution in [-0.2, 0) is 37.6 Å². The minimum atomic E-state index is -1.11. The van der Waals surface area contributed by atoms with E-state index in [2.05, 4.69) is 46.0 Å². The first-order valence-electron chi connectivity index (χ1n) is 17.4. The fourth-order valence-electron chi connectivity index (χ4n) is 7.54. The van der Waals surface area contributed by atoms with Gasteiger partial charge in [-0.3, -0.25) is 9.58 Å². The van der Waals surface area contributed by atoms with Crippen molar-refractivity contribution in [2.75, 3.05) is 39.3 Å². The first kappa shape index (κ1) is 34.0. The molecular weight excluding hydrogens is 610 g/mol. The maximum absolute atomic E-state index is 11.9. The molecule has 9 heteroatoms. The molecular formula is C38H52ClN5O3. The van der Waals surface area contributed by atoms with Gasteiger partial charge in [-0.05, 0) is 102 Å². The molecule has 8 nitrogen and oxygen atoms in total. The van der Waals surface area contributed by atoms with Crippen LogP contribution in [0.15, 0.2) is 30.3 Å². The van der Waals surface area contributed by atoms with E-state index in [0.717, 1.165) is 109 Å². The lowest BCUT2D eigenvalue weighted by molar-refractivity contribution is -0.173. The van der Waals surface area contributed by atoms with Crippen LogP contribution >= 0.6 is 11.6 Å². The Morgan fingerprint density at radius 1 is 1.02 bits per heavy atom. The van der Waals surface area contributed by atoms with Crippen molar-refractivity contribution >= 4 is 22.5 Å². The van der Waals surface area contributed by atoms with Crippen LogP contribution in [0.2, 0.25) is 5.02 Å². The molecule has 0 bridgehead atoms. The Balaban J connectivity index is 1.43. The fraction of sp³-hybridized carbons (Fsp3) is 0.553. The van der Waals surface area contributed by atoms with Gasteiger partial charge in [-0.2, -0.15) is 5.10 Å². The second-order valence-corrected chi connectivity index (χ2v) is 14.6. The van der Waals surface area contributed by atoms with E-state index in [0.29, 0.717) is 18.2 Å². The van der Waals surface area contributed by atoms with Crippen molar-refractivity contribution in [1.82, 2.24) is 24.6 Å². The third-order valence-corrected chi connectivity index (χ3v) is 10.1. The van der Waals surface area contributed by atoms with Gasteiger partial charge in [-0.15, -0.1) is 0 Å². The molecule has 3 heterocycles. The molecule has 1 aliphatic carbocycles. The highest BCUT2D eigenvalue weighted by molar-refractivity contribution is 6.35. The van der Waals surface area contributed by atoms with Crippen molar-refractivity contribution < 1.29 is 14.6 Å². The zero-order valence-electron chi connectivity index (χ0n) is 29.1. The van der Waals surface area contributed by atoms with E-state index >= 15 is 0 Å². The minimum Gasteiger partial charge on any atom is -0.493 e. The molecule has 1 saturated heterocycles. The van der Waals surface area contributed by atoms with Crippen LogP contribution in [0, 0.1) is 13.8 Å². The molecule has 0 amide bonds. The topological polar surface area (TPSA) is 76.7 Å². The number of fused-ring (bicyclic) bond motifs is 2. The van der Waals surface area contributed by atoms with Gasteiger partial charge >= 0.3 is 0 Å². The second-order valence-electron chi connectivity index (χ2n) is 14.2. The summed E-state index contributed by atoms with van der Waals surface area (Å²) >= 11 is 7.13. The van der Waals surface area contributed by atoms with Gasteiger partial charge in [0.2, 0.25) is 0 Å². The second kappa shape index (κ2) is 14.3. The largest absolute Gasteiger partial charge is 0.493 e. The fourth-order valence-corrected chi connectivity index (χ4v) is 7.79. The normalized spacial score (nSPS) is 16.5. The number of nitrogens with zero attached hydrogens (tertiary/aromatic N) is 4. The molecule has 1 fully saturated rings. The summed E-state index contributed by atoms with van der Waals surface area (Å²) in [5, 5.41) is 21.9. The number of piperazine rings is 1. The molecule has 2 aromatic carbocycles. The van der Waals surface area contributed by atoms with Gasteiger partial charge in [-0.1, -0.05) is 29.8 Å². The number of hydrogen-bond acceptors (Lipinski definition) is 6. The van der Waals surface area contributed by atoms with E-state index < -0.39 is 11.9 Å². The molecule has 47 heavy (non-hydrogen) atoms. The number of aromatic nitrogens is 3. The van der Waals surface area contributed by atoms with Gasteiger partial charge in [0.05, 0.1) is 34.1 Å². The SMILES string of the molecule is Cc1nn(C)c(C)c1-c1c(Cl)ccc2c(CCCOc3cccc4c3CCCC4)c(C(O)OC(C)(C)C)n(CCN3CCNCC3)c12. The molecule has 0 saturated carbocycles. The van der Waals surface area contributed by atoms with Crippen molar-refractivity contribution in [2.24, 2.45) is 7.05 Å². The van der Waals surface area contributed by atoms with Crippen LogP contribution in [0.3, 0.4) is 0 Å². The van der Waals surface area contributed by atoms with Crippen LogP contribution in [0.1, 0.15) is 80.1 Å². The standard InChI is InChI=1S/C38H52ClN5O3/c1-25-33(26(2)42(6)41-25)34-31(39)17-16-30-29(14-10-24-46-32-15-9-12-27-11-7-8-13-28(27)32)36(37(45)47-38(3,4)5)44(35(30)34)23-22-43-20-18-40-19-21-43/h9,12,15-17,37,40,45H,7-8,10-11,13-14,18-24H2,1-6H3. The Morgan fingerprint density at radius 2 is 1.79 bits per heavy atom. The zero-order chi connectivity index (χ0) is 33.3. The van der Waals surface area contributed by atoms with Crippen LogP contribution in [0.25, 0.3) is 22.0 Å². The summed E-state index contributed by atoms with van der Waals surface area (Å²) in [6.07, 6.45) is 5.12. The summed E-state index contributed by atoms with van der Waals surface area (Å²) in [4.78, 5) is 2.49. The van der Waals surface area contributed by atoms with E-state index in [-0.39, 0.29) is 0 Å². The van der Waals surface area contributed by atoms with E-state index in [4.69, 9.17) is 26.2 Å². The summed E-state index contributed by atoms with van der Waals surface area (Å²) in [6.45, 7) is 16.2. The van der Waals surface area contributed by atoms with Gasteiger partial charge in [0, 0.05) is 68.5 Å². The van der Waals surface area contributed by atoms with Gasteiger partial charge in [-0.25, -0.2) is 0 Å². The quantitative estimate of drug-likeness (QED) is 0.134. The molecule has 0 radical (unpaired) electrons. The summed E-state index contributed by atoms with van der Waals surface area (Å²) in [5.41, 5.74) is 9.20. The number of hydrogen-bond donors (Lipinski definition) is 2. The van der Waals surface area contributed by atoms with Gasteiger partial charge in [0.15, 0.2) is 6.29 Å². The smallest absolute Gasteiger partial charge is 0.197 e. The number of benzene rings is 2. The zero-order valence-corrected chi connectivity index (χ0v) is 29.8. The number of aliphatic hydroxyl groups is 1. The van der Waals surface area contributed by atoms with Crippen LogP contribution in [0.4, 0.5) is 0 Å². The molecule has 1 aliphatic heterocycles. The highest BCUT2D eigenvalue weighted by atomic mass is 35.5. The van der Waals surface area contributed by atoms with Crippen molar-refractivity contribution in [3.8, 4) is 16.9 Å². The number of halogens is 1. The van der Waals surface area contributed by atoms with E-state index in [1.165, 1.54) is 24.0 Å². The maximum Gasteiger partial charge on any atom is 0.197 e. The molecule has 2 aromatic heterocycles. The van der Waals surface area contributed by atoms with Crippen LogP contribution in [-0.4, -0.2) is 69.3 Å². The van der Waals surface area contributed by atoms with Gasteiger partial charge < -0.3 is 24.5 Å². The van der Waals surface area contributed by atoms with Crippen molar-refractivity contribution in [1.29, 1.82) is 0 Å². The third kappa shape index (κ3) is 7.27. The Labute approximate surface area is 285 Å². The van der Waals surface area contributed by atoms with E-state index in [9.17, 15) is 5.11 Å². The highest BCUT2D eigenvalue weighted by Gasteiger charge is 2.30. The highest BCUT2D eigenvalue weighted by Crippen LogP contribution is 2.44. The number of rotatable bonds is 11. The van der Waals surface area contributed by atoms with Crippen molar-refractivity contribution in [2.45, 2.75) is 91.6 Å². The minimum absolute atomic E-state index is 0.539. The Morgan fingerprint density at radius 3 is 2.51 bits per heavy atom. The van der Waals surface area contributed by atoms with Crippen LogP contribution < -0.4 is 10.1 Å². The van der Waals surface area contributed by atoms with E-state index in [1.54, 1.807) is 0 Å². The lowest BCUT2D eigenvalue weighted by Gasteiger charge is -2.29. The Bertz CT molecular complexity index is 1710. The molecule has 1 atom stereocenters. The third-order valence-electron chi connectivity index (χ3n) is 9.81. The van der Waals surface area contributed by atoms with Crippen LogP contribution in [0.5, 0.6) is 5.75 Å². The molecule has 0 spiro atoms. The van der Waals surface area contributed by atoms with Crippen molar-refractivity contribution in [3.63, 3.8) is 0 Å². The number of nitrogens with one attached hydrogen (secondary N) is 1. The number of aliphatic hydroxyl groups excluding tert-OH is 1. The molecule has 4 aromatic rings. The monoisotopic (exact) mass is 661 g/mol. The number of ether oxygens (including phenoxy) is 2. The molecule has 1 unspecified atom stereocenters. The molecule has 2 N–H and O–H groups in total. The number of aryl methyl sites for hydroxylation is 4.